The maximum atomic E-state index is 12.2. The van der Waals surface area contributed by atoms with Crippen LogP contribution in [0.2, 0.25) is 0 Å². The molecule has 0 radical (unpaired) electrons. The highest BCUT2D eigenvalue weighted by atomic mass is 32.1. The van der Waals surface area contributed by atoms with Gasteiger partial charge in [0.2, 0.25) is 0 Å². The van der Waals surface area contributed by atoms with Gasteiger partial charge in [0.1, 0.15) is 0 Å². The summed E-state index contributed by atoms with van der Waals surface area (Å²) in [7, 11) is 0. The highest BCUT2D eigenvalue weighted by molar-refractivity contribution is 7.80. The quantitative estimate of drug-likeness (QED) is 0.668. The second-order valence-corrected chi connectivity index (χ2v) is 4.61. The van der Waals surface area contributed by atoms with Crippen molar-refractivity contribution in [1.82, 2.24) is 9.80 Å². The Kier molecular flexibility index (Phi) is 3.60. The second-order valence-electron chi connectivity index (χ2n) is 4.14. The van der Waals surface area contributed by atoms with Gasteiger partial charge in [-0.25, -0.2) is 4.79 Å². The van der Waals surface area contributed by atoms with Gasteiger partial charge in [0.15, 0.2) is 0 Å². The normalized spacial score (nSPS) is 25.9. The third-order valence-corrected chi connectivity index (χ3v) is 3.38. The molecule has 2 saturated heterocycles. The molecule has 2 heterocycles. The first-order valence-electron chi connectivity index (χ1n) is 5.63. The van der Waals surface area contributed by atoms with Gasteiger partial charge in [-0.1, -0.05) is 12.2 Å². The zero-order valence-electron chi connectivity index (χ0n) is 9.22. The minimum Gasteiger partial charge on any atom is -0.392 e. The minimum absolute atomic E-state index is 0.0506. The first-order chi connectivity index (χ1) is 7.70. The number of ether oxygens (including phenoxy) is 1. The van der Waals surface area contributed by atoms with Gasteiger partial charge in [-0.15, -0.1) is 0 Å². The second kappa shape index (κ2) is 4.97. The fourth-order valence-electron chi connectivity index (χ4n) is 2.23. The number of hydrogen-bond acceptors (Lipinski definition) is 3. The number of likely N-dealkylation sites (tertiary alicyclic amines) is 1. The van der Waals surface area contributed by atoms with Crippen LogP contribution in [0.4, 0.5) is 4.79 Å². The van der Waals surface area contributed by atoms with Crippen molar-refractivity contribution < 1.29 is 9.53 Å². The maximum Gasteiger partial charge on any atom is 0.320 e. The van der Waals surface area contributed by atoms with Gasteiger partial charge in [0, 0.05) is 19.6 Å². The summed E-state index contributed by atoms with van der Waals surface area (Å²) < 4.78 is 5.22. The van der Waals surface area contributed by atoms with Crippen molar-refractivity contribution in [2.24, 2.45) is 5.73 Å². The van der Waals surface area contributed by atoms with Gasteiger partial charge in [-0.2, -0.15) is 0 Å². The number of urea groups is 1. The van der Waals surface area contributed by atoms with E-state index in [2.05, 4.69) is 0 Å². The Morgan fingerprint density at radius 1 is 1.31 bits per heavy atom. The van der Waals surface area contributed by atoms with E-state index in [4.69, 9.17) is 22.7 Å². The summed E-state index contributed by atoms with van der Waals surface area (Å²) >= 11 is 4.99. The summed E-state index contributed by atoms with van der Waals surface area (Å²) in [4.78, 5) is 16.2. The molecule has 2 aliphatic heterocycles. The lowest BCUT2D eigenvalue weighted by Gasteiger charge is -2.33. The van der Waals surface area contributed by atoms with Crippen molar-refractivity contribution in [2.45, 2.75) is 18.9 Å². The Morgan fingerprint density at radius 3 is 2.62 bits per heavy atom. The lowest BCUT2D eigenvalue weighted by atomic mass is 10.2. The van der Waals surface area contributed by atoms with Crippen LogP contribution < -0.4 is 5.73 Å². The van der Waals surface area contributed by atoms with Crippen molar-refractivity contribution in [1.29, 1.82) is 0 Å². The number of thiocarbonyl (C=S) groups is 1. The molecule has 0 aliphatic carbocycles. The molecule has 0 aromatic heterocycles. The van der Waals surface area contributed by atoms with E-state index in [9.17, 15) is 4.79 Å². The molecule has 5 nitrogen and oxygen atoms in total. The summed E-state index contributed by atoms with van der Waals surface area (Å²) in [5.74, 6) is 0. The van der Waals surface area contributed by atoms with Gasteiger partial charge in [-0.3, -0.25) is 0 Å². The van der Waals surface area contributed by atoms with Gasteiger partial charge in [0.05, 0.1) is 24.2 Å². The van der Waals surface area contributed by atoms with Crippen LogP contribution in [0.25, 0.3) is 0 Å². The highest BCUT2D eigenvalue weighted by Gasteiger charge is 2.33. The minimum atomic E-state index is -0.0506. The zero-order chi connectivity index (χ0) is 11.5. The third kappa shape index (κ3) is 2.27. The monoisotopic (exact) mass is 243 g/mol. The summed E-state index contributed by atoms with van der Waals surface area (Å²) in [6.45, 7) is 3.34. The number of nitrogens with zero attached hydrogens (tertiary/aromatic N) is 2. The van der Waals surface area contributed by atoms with Crippen LogP contribution >= 0.6 is 12.2 Å². The van der Waals surface area contributed by atoms with Crippen LogP contribution in [0, 0.1) is 0 Å². The smallest absolute Gasteiger partial charge is 0.320 e. The van der Waals surface area contributed by atoms with Crippen LogP contribution in [0.5, 0.6) is 0 Å². The molecule has 1 unspecified atom stereocenters. The van der Waals surface area contributed by atoms with Crippen molar-refractivity contribution in [3.63, 3.8) is 0 Å². The fraction of sp³-hybridized carbons (Fsp3) is 0.800. The van der Waals surface area contributed by atoms with E-state index in [1.54, 1.807) is 4.90 Å². The van der Waals surface area contributed by atoms with E-state index in [1.165, 1.54) is 0 Å². The largest absolute Gasteiger partial charge is 0.392 e. The number of amides is 2. The maximum absolute atomic E-state index is 12.2. The van der Waals surface area contributed by atoms with Gasteiger partial charge < -0.3 is 20.3 Å². The number of carbonyl (C=O) groups excluding carboxylic acids is 1. The van der Waals surface area contributed by atoms with Crippen molar-refractivity contribution >= 4 is 23.2 Å². The number of hydrogen-bond donors (Lipinski definition) is 1. The average molecular weight is 243 g/mol. The number of morpholine rings is 1. The Morgan fingerprint density at radius 2 is 2.00 bits per heavy atom. The van der Waals surface area contributed by atoms with E-state index < -0.39 is 0 Å². The molecular formula is C10H17N3O2S. The van der Waals surface area contributed by atoms with Crippen molar-refractivity contribution in [3.8, 4) is 0 Å². The standard InChI is InChI=1S/C10H17N3O2S/c11-9(16)8-2-1-3-13(8)10(14)12-4-6-15-7-5-12/h8H,1-7H2,(H2,11,16). The molecule has 90 valence electrons. The molecule has 0 saturated carbocycles. The summed E-state index contributed by atoms with van der Waals surface area (Å²) in [6, 6.07) is 0.00365. The van der Waals surface area contributed by atoms with E-state index in [0.29, 0.717) is 31.3 Å². The Hall–Kier alpha value is -0.880. The molecule has 6 heteroatoms. The Balaban J connectivity index is 1.99. The van der Waals surface area contributed by atoms with Crippen molar-refractivity contribution in [2.75, 3.05) is 32.8 Å². The molecule has 2 N–H and O–H groups in total. The van der Waals surface area contributed by atoms with Crippen molar-refractivity contribution in [3.05, 3.63) is 0 Å². The average Bonchev–Trinajstić information content (AvgIpc) is 2.78. The molecule has 0 aromatic rings. The van der Waals surface area contributed by atoms with Crippen LogP contribution in [-0.4, -0.2) is 59.7 Å². The summed E-state index contributed by atoms with van der Waals surface area (Å²) in [6.07, 6.45) is 1.88. The lowest BCUT2D eigenvalue weighted by molar-refractivity contribution is 0.0440. The number of nitrogens with two attached hydrogens (primary N) is 1. The van der Waals surface area contributed by atoms with E-state index in [-0.39, 0.29) is 12.1 Å². The Bertz CT molecular complexity index is 292. The SMILES string of the molecule is NC(=S)C1CCCN1C(=O)N1CCOCC1. The summed E-state index contributed by atoms with van der Waals surface area (Å²) in [5.41, 5.74) is 5.65. The van der Waals surface area contributed by atoms with Crippen LogP contribution in [-0.2, 0) is 4.74 Å². The molecule has 2 fully saturated rings. The molecular weight excluding hydrogens is 226 g/mol. The molecule has 0 aromatic carbocycles. The molecule has 1 atom stereocenters. The Labute approximate surface area is 101 Å². The zero-order valence-corrected chi connectivity index (χ0v) is 10.0. The van der Waals surface area contributed by atoms with E-state index >= 15 is 0 Å². The van der Waals surface area contributed by atoms with Crippen LogP contribution in [0.3, 0.4) is 0 Å². The summed E-state index contributed by atoms with van der Waals surface area (Å²) in [5, 5.41) is 0. The fourth-order valence-corrected chi connectivity index (χ4v) is 2.47. The van der Waals surface area contributed by atoms with Crippen LogP contribution in [0.1, 0.15) is 12.8 Å². The lowest BCUT2D eigenvalue weighted by Crippen LogP contribution is -2.52. The van der Waals surface area contributed by atoms with Gasteiger partial charge in [0.25, 0.3) is 0 Å². The number of carbonyl (C=O) groups is 1. The van der Waals surface area contributed by atoms with Gasteiger partial charge >= 0.3 is 6.03 Å². The topological polar surface area (TPSA) is 58.8 Å². The molecule has 0 spiro atoms. The third-order valence-electron chi connectivity index (χ3n) is 3.11. The molecule has 2 amide bonds. The predicted octanol–water partition coefficient (Wildman–Crippen LogP) is 0.189. The first kappa shape index (κ1) is 11.6. The highest BCUT2D eigenvalue weighted by Crippen LogP contribution is 2.19. The molecule has 16 heavy (non-hydrogen) atoms. The first-order valence-corrected chi connectivity index (χ1v) is 6.03. The predicted molar refractivity (Wildman–Crippen MR) is 64.3 cm³/mol. The van der Waals surface area contributed by atoms with Crippen LogP contribution in [0.15, 0.2) is 0 Å². The number of rotatable bonds is 1. The van der Waals surface area contributed by atoms with Gasteiger partial charge in [-0.05, 0) is 12.8 Å². The molecule has 0 bridgehead atoms. The van der Waals surface area contributed by atoms with E-state index in [1.807, 2.05) is 4.90 Å². The van der Waals surface area contributed by atoms with E-state index in [0.717, 1.165) is 19.4 Å². The molecule has 2 aliphatic rings. The molecule has 2 rings (SSSR count).